The lowest BCUT2D eigenvalue weighted by atomic mass is 9.88. The van der Waals surface area contributed by atoms with Crippen molar-refractivity contribution in [2.45, 2.75) is 13.1 Å². The SMILES string of the molecule is CC(C(=O)Nc1cc(C(F)(F)F)ccc1F)C1CNC1. The molecule has 7 heteroatoms. The van der Waals surface area contributed by atoms with Crippen molar-refractivity contribution in [2.75, 3.05) is 18.4 Å². The van der Waals surface area contributed by atoms with Crippen molar-refractivity contribution >= 4 is 11.6 Å². The van der Waals surface area contributed by atoms with Gasteiger partial charge in [-0.25, -0.2) is 4.39 Å². The van der Waals surface area contributed by atoms with Gasteiger partial charge in [0.2, 0.25) is 5.91 Å². The number of hydrogen-bond acceptors (Lipinski definition) is 2. The number of carbonyl (C=O) groups excluding carboxylic acids is 1. The van der Waals surface area contributed by atoms with Gasteiger partial charge in [-0.2, -0.15) is 13.2 Å². The zero-order chi connectivity index (χ0) is 14.9. The molecule has 1 heterocycles. The minimum atomic E-state index is -4.57. The van der Waals surface area contributed by atoms with Crippen LogP contribution in [0.1, 0.15) is 12.5 Å². The molecule has 0 bridgehead atoms. The maximum absolute atomic E-state index is 13.5. The van der Waals surface area contributed by atoms with Crippen molar-refractivity contribution in [1.29, 1.82) is 0 Å². The van der Waals surface area contributed by atoms with Gasteiger partial charge in [0, 0.05) is 5.92 Å². The molecular weight excluding hydrogens is 276 g/mol. The van der Waals surface area contributed by atoms with E-state index in [1.807, 2.05) is 0 Å². The monoisotopic (exact) mass is 290 g/mol. The van der Waals surface area contributed by atoms with Gasteiger partial charge in [0.05, 0.1) is 11.3 Å². The van der Waals surface area contributed by atoms with E-state index in [9.17, 15) is 22.4 Å². The van der Waals surface area contributed by atoms with E-state index < -0.39 is 29.2 Å². The molecule has 1 aromatic carbocycles. The molecule has 3 nitrogen and oxygen atoms in total. The summed E-state index contributed by atoms with van der Waals surface area (Å²) < 4.78 is 51.1. The maximum Gasteiger partial charge on any atom is 0.416 e. The Morgan fingerprint density at radius 3 is 2.55 bits per heavy atom. The van der Waals surface area contributed by atoms with Gasteiger partial charge in [0.15, 0.2) is 0 Å². The molecule has 1 aliphatic heterocycles. The molecule has 20 heavy (non-hydrogen) atoms. The van der Waals surface area contributed by atoms with Crippen molar-refractivity contribution in [2.24, 2.45) is 11.8 Å². The first-order valence-electron chi connectivity index (χ1n) is 6.17. The first kappa shape index (κ1) is 14.8. The predicted molar refractivity (Wildman–Crippen MR) is 65.6 cm³/mol. The van der Waals surface area contributed by atoms with E-state index in [0.717, 1.165) is 0 Å². The second-order valence-corrected chi connectivity index (χ2v) is 4.89. The van der Waals surface area contributed by atoms with Crippen LogP contribution < -0.4 is 10.6 Å². The van der Waals surface area contributed by atoms with Gasteiger partial charge in [-0.3, -0.25) is 4.79 Å². The van der Waals surface area contributed by atoms with Crippen molar-refractivity contribution in [3.63, 3.8) is 0 Å². The van der Waals surface area contributed by atoms with Gasteiger partial charge in [0.25, 0.3) is 0 Å². The molecule has 1 amide bonds. The lowest BCUT2D eigenvalue weighted by molar-refractivity contribution is -0.137. The average Bonchev–Trinajstić information content (AvgIpc) is 2.28. The van der Waals surface area contributed by atoms with Crippen LogP contribution in [0.15, 0.2) is 18.2 Å². The molecule has 1 atom stereocenters. The lowest BCUT2D eigenvalue weighted by Gasteiger charge is -2.31. The minimum absolute atomic E-state index is 0.129. The quantitative estimate of drug-likeness (QED) is 0.840. The van der Waals surface area contributed by atoms with Crippen LogP contribution >= 0.6 is 0 Å². The molecule has 110 valence electrons. The predicted octanol–water partition coefficient (Wildman–Crippen LogP) is 2.64. The Balaban J connectivity index is 2.13. The first-order valence-corrected chi connectivity index (χ1v) is 6.17. The molecule has 1 fully saturated rings. The van der Waals surface area contributed by atoms with E-state index in [2.05, 4.69) is 10.6 Å². The van der Waals surface area contributed by atoms with Gasteiger partial charge in [0.1, 0.15) is 5.82 Å². The van der Waals surface area contributed by atoms with Crippen molar-refractivity contribution in [1.82, 2.24) is 5.32 Å². The second kappa shape index (κ2) is 5.40. The molecule has 0 aliphatic carbocycles. The summed E-state index contributed by atoms with van der Waals surface area (Å²) in [7, 11) is 0. The zero-order valence-electron chi connectivity index (χ0n) is 10.7. The molecule has 0 radical (unpaired) electrons. The Labute approximate surface area is 113 Å². The summed E-state index contributed by atoms with van der Waals surface area (Å²) in [6, 6.07) is 1.96. The normalized spacial score (nSPS) is 17.4. The van der Waals surface area contributed by atoms with E-state index in [1.165, 1.54) is 0 Å². The summed E-state index contributed by atoms with van der Waals surface area (Å²) in [5.74, 6) is -1.62. The van der Waals surface area contributed by atoms with E-state index in [4.69, 9.17) is 0 Å². The zero-order valence-corrected chi connectivity index (χ0v) is 10.7. The van der Waals surface area contributed by atoms with Gasteiger partial charge < -0.3 is 10.6 Å². The number of nitrogens with one attached hydrogen (secondary N) is 2. The van der Waals surface area contributed by atoms with E-state index in [1.54, 1.807) is 6.92 Å². The topological polar surface area (TPSA) is 41.1 Å². The molecular formula is C13H14F4N2O. The summed E-state index contributed by atoms with van der Waals surface area (Å²) in [4.78, 5) is 11.9. The fourth-order valence-corrected chi connectivity index (χ4v) is 1.92. The number of rotatable bonds is 3. The third-order valence-corrected chi connectivity index (χ3v) is 3.49. The number of amides is 1. The number of alkyl halides is 3. The van der Waals surface area contributed by atoms with Crippen LogP contribution in [0, 0.1) is 17.7 Å². The van der Waals surface area contributed by atoms with Crippen molar-refractivity contribution < 1.29 is 22.4 Å². The number of hydrogen-bond donors (Lipinski definition) is 2. The van der Waals surface area contributed by atoms with E-state index >= 15 is 0 Å². The van der Waals surface area contributed by atoms with Crippen LogP contribution in [-0.2, 0) is 11.0 Å². The molecule has 1 saturated heterocycles. The fraction of sp³-hybridized carbons (Fsp3) is 0.462. The molecule has 2 rings (SSSR count). The minimum Gasteiger partial charge on any atom is -0.323 e. The number of benzene rings is 1. The fourth-order valence-electron chi connectivity index (χ4n) is 1.92. The van der Waals surface area contributed by atoms with E-state index in [-0.39, 0.29) is 11.8 Å². The maximum atomic E-state index is 13.5. The van der Waals surface area contributed by atoms with Crippen LogP contribution in [0.2, 0.25) is 0 Å². The molecule has 2 N–H and O–H groups in total. The molecule has 0 aromatic heterocycles. The lowest BCUT2D eigenvalue weighted by Crippen LogP contribution is -2.48. The van der Waals surface area contributed by atoms with Gasteiger partial charge in [-0.15, -0.1) is 0 Å². The molecule has 1 unspecified atom stereocenters. The smallest absolute Gasteiger partial charge is 0.323 e. The Kier molecular flexibility index (Phi) is 3.99. The van der Waals surface area contributed by atoms with E-state index in [0.29, 0.717) is 31.3 Å². The van der Waals surface area contributed by atoms with Crippen LogP contribution in [-0.4, -0.2) is 19.0 Å². The highest BCUT2D eigenvalue weighted by atomic mass is 19.4. The van der Waals surface area contributed by atoms with Crippen LogP contribution in [0.3, 0.4) is 0 Å². The number of halogens is 4. The highest BCUT2D eigenvalue weighted by molar-refractivity contribution is 5.92. The summed E-state index contributed by atoms with van der Waals surface area (Å²) in [6.07, 6.45) is -4.57. The van der Waals surface area contributed by atoms with Crippen LogP contribution in [0.4, 0.5) is 23.2 Å². The molecule has 1 aliphatic rings. The third-order valence-electron chi connectivity index (χ3n) is 3.49. The molecule has 1 aromatic rings. The van der Waals surface area contributed by atoms with Gasteiger partial charge in [-0.1, -0.05) is 6.92 Å². The Hall–Kier alpha value is -1.63. The third kappa shape index (κ3) is 3.09. The Bertz CT molecular complexity index is 512. The van der Waals surface area contributed by atoms with Crippen LogP contribution in [0.5, 0.6) is 0 Å². The van der Waals surface area contributed by atoms with Gasteiger partial charge in [-0.05, 0) is 37.2 Å². The summed E-state index contributed by atoms with van der Waals surface area (Å²) in [6.45, 7) is 3.03. The standard InChI is InChI=1S/C13H14F4N2O/c1-7(8-5-18-6-8)12(20)19-11-4-9(13(15,16)17)2-3-10(11)14/h2-4,7-8,18H,5-6H2,1H3,(H,19,20). The first-order chi connectivity index (χ1) is 9.29. The highest BCUT2D eigenvalue weighted by Crippen LogP contribution is 2.32. The Morgan fingerprint density at radius 2 is 2.05 bits per heavy atom. The van der Waals surface area contributed by atoms with Crippen molar-refractivity contribution in [3.8, 4) is 0 Å². The Morgan fingerprint density at radius 1 is 1.40 bits per heavy atom. The average molecular weight is 290 g/mol. The van der Waals surface area contributed by atoms with Gasteiger partial charge >= 0.3 is 6.18 Å². The highest BCUT2D eigenvalue weighted by Gasteiger charge is 2.32. The second-order valence-electron chi connectivity index (χ2n) is 4.89. The summed E-state index contributed by atoms with van der Waals surface area (Å²) in [5, 5.41) is 5.23. The number of carbonyl (C=O) groups is 1. The molecule has 0 spiro atoms. The largest absolute Gasteiger partial charge is 0.416 e. The molecule has 0 saturated carbocycles. The summed E-state index contributed by atoms with van der Waals surface area (Å²) >= 11 is 0. The van der Waals surface area contributed by atoms with Crippen LogP contribution in [0.25, 0.3) is 0 Å². The summed E-state index contributed by atoms with van der Waals surface area (Å²) in [5.41, 5.74) is -1.43. The number of anilines is 1. The van der Waals surface area contributed by atoms with Crippen molar-refractivity contribution in [3.05, 3.63) is 29.6 Å².